The maximum absolute atomic E-state index is 4.82. The lowest BCUT2D eigenvalue weighted by atomic mass is 9.85. The molecule has 1 saturated carbocycles. The van der Waals surface area contributed by atoms with Crippen LogP contribution in [0.3, 0.4) is 0 Å². The number of guanidine groups is 1. The molecule has 2 aliphatic rings. The highest BCUT2D eigenvalue weighted by molar-refractivity contribution is 14.0. The Morgan fingerprint density at radius 2 is 1.70 bits per heavy atom. The molecule has 160 valence electrons. The van der Waals surface area contributed by atoms with E-state index < -0.39 is 0 Å². The number of hydrogen-bond donors (Lipinski definition) is 2. The number of aliphatic imine (C=N–C) groups is 1. The van der Waals surface area contributed by atoms with Crippen LogP contribution in [0.5, 0.6) is 0 Å². The van der Waals surface area contributed by atoms with E-state index in [1.807, 2.05) is 0 Å². The van der Waals surface area contributed by atoms with Crippen LogP contribution in [0.15, 0.2) is 4.99 Å². The zero-order valence-corrected chi connectivity index (χ0v) is 20.3. The number of likely N-dealkylation sites (N-methyl/N-ethyl adjacent to an activating group) is 1. The van der Waals surface area contributed by atoms with E-state index >= 15 is 0 Å². The van der Waals surface area contributed by atoms with Crippen molar-refractivity contribution in [1.29, 1.82) is 0 Å². The van der Waals surface area contributed by atoms with Gasteiger partial charge in [-0.05, 0) is 39.2 Å². The molecule has 5 nitrogen and oxygen atoms in total. The zero-order chi connectivity index (χ0) is 18.6. The van der Waals surface area contributed by atoms with Gasteiger partial charge in [-0.1, -0.05) is 39.0 Å². The van der Waals surface area contributed by atoms with Gasteiger partial charge in [-0.15, -0.1) is 24.0 Å². The fourth-order valence-corrected chi connectivity index (χ4v) is 4.22. The number of nitrogens with zero attached hydrogens (tertiary/aromatic N) is 3. The van der Waals surface area contributed by atoms with E-state index in [4.69, 9.17) is 4.99 Å². The van der Waals surface area contributed by atoms with Crippen LogP contribution >= 0.6 is 24.0 Å². The number of nitrogens with one attached hydrogen (secondary N) is 2. The molecule has 0 radical (unpaired) electrons. The number of hydrogen-bond acceptors (Lipinski definition) is 3. The molecule has 2 fully saturated rings. The summed E-state index contributed by atoms with van der Waals surface area (Å²) in [5.41, 5.74) is 0. The summed E-state index contributed by atoms with van der Waals surface area (Å²) in [5, 5.41) is 7.04. The average Bonchev–Trinajstić information content (AvgIpc) is 2.68. The molecule has 0 aromatic carbocycles. The zero-order valence-electron chi connectivity index (χ0n) is 18.0. The monoisotopic (exact) mass is 493 g/mol. The van der Waals surface area contributed by atoms with Crippen molar-refractivity contribution in [1.82, 2.24) is 20.4 Å². The lowest BCUT2D eigenvalue weighted by Crippen LogP contribution is -2.47. The van der Waals surface area contributed by atoms with Gasteiger partial charge in [-0.25, -0.2) is 0 Å². The first-order valence-corrected chi connectivity index (χ1v) is 11.2. The quantitative estimate of drug-likeness (QED) is 0.293. The van der Waals surface area contributed by atoms with Crippen LogP contribution in [0.2, 0.25) is 0 Å². The van der Waals surface area contributed by atoms with Crippen LogP contribution in [0.4, 0.5) is 0 Å². The molecule has 2 rings (SSSR count). The Hall–Kier alpha value is -0.0800. The summed E-state index contributed by atoms with van der Waals surface area (Å²) in [7, 11) is 0. The molecule has 0 aromatic heterocycles. The van der Waals surface area contributed by atoms with Gasteiger partial charge in [0.1, 0.15) is 0 Å². The van der Waals surface area contributed by atoms with Crippen molar-refractivity contribution >= 4 is 29.9 Å². The molecular weight excluding hydrogens is 449 g/mol. The Balaban J connectivity index is 0.00000364. The molecule has 27 heavy (non-hydrogen) atoms. The van der Waals surface area contributed by atoms with Crippen molar-refractivity contribution in [2.75, 3.05) is 52.4 Å². The normalized spacial score (nSPS) is 21.5. The third-order valence-electron chi connectivity index (χ3n) is 6.06. The first-order chi connectivity index (χ1) is 12.7. The topological polar surface area (TPSA) is 42.9 Å². The van der Waals surface area contributed by atoms with E-state index in [-0.39, 0.29) is 24.0 Å². The first kappa shape index (κ1) is 25.0. The van der Waals surface area contributed by atoms with Gasteiger partial charge in [0.2, 0.25) is 0 Å². The Morgan fingerprint density at radius 3 is 2.33 bits per heavy atom. The molecule has 1 unspecified atom stereocenters. The van der Waals surface area contributed by atoms with E-state index in [0.717, 1.165) is 31.5 Å². The van der Waals surface area contributed by atoms with Gasteiger partial charge in [0, 0.05) is 45.3 Å². The van der Waals surface area contributed by atoms with Crippen LogP contribution in [0.25, 0.3) is 0 Å². The summed E-state index contributed by atoms with van der Waals surface area (Å²) in [5.74, 6) is 1.96. The Labute approximate surface area is 185 Å². The summed E-state index contributed by atoms with van der Waals surface area (Å²) in [6.07, 6.45) is 9.88. The van der Waals surface area contributed by atoms with E-state index in [9.17, 15) is 0 Å². The van der Waals surface area contributed by atoms with Gasteiger partial charge >= 0.3 is 0 Å². The van der Waals surface area contributed by atoms with Gasteiger partial charge in [0.25, 0.3) is 0 Å². The first-order valence-electron chi connectivity index (χ1n) is 11.2. The van der Waals surface area contributed by atoms with Gasteiger partial charge in [-0.2, -0.15) is 0 Å². The largest absolute Gasteiger partial charge is 0.357 e. The predicted molar refractivity (Wildman–Crippen MR) is 128 cm³/mol. The standard InChI is InChI=1S/C21H43N5.HI/c1-4-22-21(23-13-14-26-17-15-25(5-2)16-18-26)24-19(3)11-12-20-9-7-6-8-10-20;/h19-20H,4-18H2,1-3H3,(H2,22,23,24);1H. The summed E-state index contributed by atoms with van der Waals surface area (Å²) >= 11 is 0. The van der Waals surface area contributed by atoms with E-state index in [1.165, 1.54) is 77.7 Å². The number of rotatable bonds is 9. The van der Waals surface area contributed by atoms with Crippen LogP contribution in [0.1, 0.15) is 65.7 Å². The van der Waals surface area contributed by atoms with Crippen molar-refractivity contribution in [2.45, 2.75) is 71.8 Å². The number of piperazine rings is 1. The second-order valence-corrected chi connectivity index (χ2v) is 8.16. The average molecular weight is 494 g/mol. The molecule has 1 heterocycles. The van der Waals surface area contributed by atoms with Gasteiger partial charge in [0.15, 0.2) is 5.96 Å². The van der Waals surface area contributed by atoms with Crippen LogP contribution < -0.4 is 10.6 Å². The third-order valence-corrected chi connectivity index (χ3v) is 6.06. The molecule has 1 atom stereocenters. The fourth-order valence-electron chi connectivity index (χ4n) is 4.22. The predicted octanol–water partition coefficient (Wildman–Crippen LogP) is 3.55. The van der Waals surface area contributed by atoms with Crippen LogP contribution in [-0.4, -0.2) is 74.2 Å². The molecule has 0 amide bonds. The summed E-state index contributed by atoms with van der Waals surface area (Å²) in [6.45, 7) is 15.6. The summed E-state index contributed by atoms with van der Waals surface area (Å²) in [6, 6.07) is 0.503. The molecule has 6 heteroatoms. The highest BCUT2D eigenvalue weighted by Gasteiger charge is 2.16. The van der Waals surface area contributed by atoms with E-state index in [0.29, 0.717) is 6.04 Å². The Bertz CT molecular complexity index is 390. The maximum atomic E-state index is 4.82. The maximum Gasteiger partial charge on any atom is 0.191 e. The molecule has 1 aliphatic heterocycles. The van der Waals surface area contributed by atoms with Crippen molar-refractivity contribution in [2.24, 2.45) is 10.9 Å². The second-order valence-electron chi connectivity index (χ2n) is 8.16. The van der Waals surface area contributed by atoms with Crippen molar-refractivity contribution in [3.05, 3.63) is 0 Å². The van der Waals surface area contributed by atoms with Crippen LogP contribution in [-0.2, 0) is 0 Å². The lowest BCUT2D eigenvalue weighted by Gasteiger charge is -2.33. The van der Waals surface area contributed by atoms with Gasteiger partial charge in [0.05, 0.1) is 6.54 Å². The number of halogens is 1. The lowest BCUT2D eigenvalue weighted by molar-refractivity contribution is 0.140. The van der Waals surface area contributed by atoms with Crippen LogP contribution in [0, 0.1) is 5.92 Å². The summed E-state index contributed by atoms with van der Waals surface area (Å²) in [4.78, 5) is 9.90. The Kier molecular flexibility index (Phi) is 13.7. The van der Waals surface area contributed by atoms with E-state index in [2.05, 4.69) is 41.2 Å². The minimum Gasteiger partial charge on any atom is -0.357 e. The fraction of sp³-hybridized carbons (Fsp3) is 0.952. The highest BCUT2D eigenvalue weighted by Crippen LogP contribution is 2.27. The third kappa shape index (κ3) is 10.3. The molecule has 1 aliphatic carbocycles. The molecule has 0 aromatic rings. The molecule has 2 N–H and O–H groups in total. The van der Waals surface area contributed by atoms with Gasteiger partial charge in [-0.3, -0.25) is 9.89 Å². The Morgan fingerprint density at radius 1 is 1.04 bits per heavy atom. The molecule has 1 saturated heterocycles. The minimum atomic E-state index is 0. The minimum absolute atomic E-state index is 0. The second kappa shape index (κ2) is 14.9. The van der Waals surface area contributed by atoms with Crippen molar-refractivity contribution in [3.8, 4) is 0 Å². The smallest absolute Gasteiger partial charge is 0.191 e. The summed E-state index contributed by atoms with van der Waals surface area (Å²) < 4.78 is 0. The molecule has 0 spiro atoms. The van der Waals surface area contributed by atoms with E-state index in [1.54, 1.807) is 0 Å². The molecule has 0 bridgehead atoms. The molecular formula is C21H44IN5. The SMILES string of the molecule is CCNC(=NCCN1CCN(CC)CC1)NC(C)CCC1CCCCC1.I. The highest BCUT2D eigenvalue weighted by atomic mass is 127. The van der Waals surface area contributed by atoms with Crippen molar-refractivity contribution in [3.63, 3.8) is 0 Å². The van der Waals surface area contributed by atoms with Crippen molar-refractivity contribution < 1.29 is 0 Å². The van der Waals surface area contributed by atoms with Gasteiger partial charge < -0.3 is 15.5 Å².